The minimum Gasteiger partial charge on any atom is -0.383 e. The van der Waals surface area contributed by atoms with Crippen molar-refractivity contribution >= 4 is 15.7 Å². The fraction of sp³-hybridized carbons (Fsp3) is 0.455. The predicted molar refractivity (Wildman–Crippen MR) is 66.1 cm³/mol. The van der Waals surface area contributed by atoms with Gasteiger partial charge in [0.05, 0.1) is 4.90 Å². The summed E-state index contributed by atoms with van der Waals surface area (Å²) in [4.78, 5) is 0.281. The number of rotatable bonds is 5. The molecule has 0 saturated heterocycles. The molecule has 90 valence electrons. The molecule has 1 aromatic carbocycles. The van der Waals surface area contributed by atoms with E-state index in [1.54, 1.807) is 18.2 Å². The molecule has 1 rings (SSSR count). The van der Waals surface area contributed by atoms with Crippen LogP contribution in [-0.2, 0) is 10.0 Å². The van der Waals surface area contributed by atoms with Crippen LogP contribution in [0.2, 0.25) is 0 Å². The van der Waals surface area contributed by atoms with Crippen molar-refractivity contribution in [1.82, 2.24) is 4.72 Å². The van der Waals surface area contributed by atoms with E-state index in [-0.39, 0.29) is 4.90 Å². The van der Waals surface area contributed by atoms with E-state index in [4.69, 9.17) is 0 Å². The molecule has 0 aliphatic rings. The fourth-order valence-electron chi connectivity index (χ4n) is 1.26. The van der Waals surface area contributed by atoms with Gasteiger partial charge in [0.1, 0.15) is 0 Å². The Hall–Kier alpha value is -1.07. The highest BCUT2D eigenvalue weighted by Gasteiger charge is 2.11. The molecule has 1 unspecified atom stereocenters. The van der Waals surface area contributed by atoms with Crippen LogP contribution >= 0.6 is 0 Å². The lowest BCUT2D eigenvalue weighted by atomic mass is 10.2. The van der Waals surface area contributed by atoms with Gasteiger partial charge in [-0.15, -0.1) is 0 Å². The lowest BCUT2D eigenvalue weighted by Crippen LogP contribution is -2.19. The second-order valence-corrected chi connectivity index (χ2v) is 5.58. The van der Waals surface area contributed by atoms with Crippen molar-refractivity contribution < 1.29 is 8.42 Å². The van der Waals surface area contributed by atoms with Crippen LogP contribution < -0.4 is 10.0 Å². The molecule has 4 nitrogen and oxygen atoms in total. The number of nitrogens with one attached hydrogen (secondary N) is 2. The lowest BCUT2D eigenvalue weighted by Gasteiger charge is -2.13. The molecule has 0 aliphatic carbocycles. The van der Waals surface area contributed by atoms with Crippen LogP contribution in [0, 0.1) is 0 Å². The minimum atomic E-state index is -3.35. The third-order valence-corrected chi connectivity index (χ3v) is 3.85. The molecule has 0 fully saturated rings. The number of benzene rings is 1. The van der Waals surface area contributed by atoms with Crippen LogP contribution in [0.3, 0.4) is 0 Å². The Morgan fingerprint density at radius 1 is 1.38 bits per heavy atom. The van der Waals surface area contributed by atoms with Crippen molar-refractivity contribution in [1.29, 1.82) is 0 Å². The molecule has 0 heterocycles. The Kier molecular flexibility index (Phi) is 4.32. The zero-order chi connectivity index (χ0) is 12.2. The first kappa shape index (κ1) is 13.0. The van der Waals surface area contributed by atoms with Crippen molar-refractivity contribution in [2.24, 2.45) is 0 Å². The van der Waals surface area contributed by atoms with Gasteiger partial charge in [-0.25, -0.2) is 13.1 Å². The first-order valence-electron chi connectivity index (χ1n) is 5.29. The highest BCUT2D eigenvalue weighted by atomic mass is 32.2. The summed E-state index contributed by atoms with van der Waals surface area (Å²) in [6.45, 7) is 4.13. The zero-order valence-corrected chi connectivity index (χ0v) is 10.6. The maximum Gasteiger partial charge on any atom is 0.240 e. The van der Waals surface area contributed by atoms with Crippen molar-refractivity contribution in [3.8, 4) is 0 Å². The van der Waals surface area contributed by atoms with Gasteiger partial charge in [-0.2, -0.15) is 0 Å². The standard InChI is InChI=1S/C11H18N2O2S/c1-4-9(2)13-10-6-5-7-11(8-10)16(14,15)12-3/h5-9,12-13H,4H2,1-3H3. The van der Waals surface area contributed by atoms with Crippen LogP contribution in [0.15, 0.2) is 29.2 Å². The van der Waals surface area contributed by atoms with Gasteiger partial charge in [-0.05, 0) is 38.6 Å². The zero-order valence-electron chi connectivity index (χ0n) is 9.82. The first-order valence-corrected chi connectivity index (χ1v) is 6.78. The normalized spacial score (nSPS) is 13.4. The second kappa shape index (κ2) is 5.32. The van der Waals surface area contributed by atoms with Crippen LogP contribution in [-0.4, -0.2) is 21.5 Å². The summed E-state index contributed by atoms with van der Waals surface area (Å²) in [7, 11) is -1.95. The van der Waals surface area contributed by atoms with Gasteiger partial charge in [0.2, 0.25) is 10.0 Å². The van der Waals surface area contributed by atoms with Crippen LogP contribution in [0.25, 0.3) is 0 Å². The summed E-state index contributed by atoms with van der Waals surface area (Å²) in [5, 5.41) is 3.24. The lowest BCUT2D eigenvalue weighted by molar-refractivity contribution is 0.588. The molecule has 0 radical (unpaired) electrons. The Morgan fingerprint density at radius 3 is 2.62 bits per heavy atom. The van der Waals surface area contributed by atoms with E-state index in [1.807, 2.05) is 6.07 Å². The van der Waals surface area contributed by atoms with E-state index in [0.717, 1.165) is 12.1 Å². The highest BCUT2D eigenvalue weighted by Crippen LogP contribution is 2.16. The number of hydrogen-bond donors (Lipinski definition) is 2. The fourth-order valence-corrected chi connectivity index (χ4v) is 2.03. The van der Waals surface area contributed by atoms with Crippen molar-refractivity contribution in [2.45, 2.75) is 31.2 Å². The van der Waals surface area contributed by atoms with Crippen molar-refractivity contribution in [3.63, 3.8) is 0 Å². The van der Waals surface area contributed by atoms with Gasteiger partial charge in [0.15, 0.2) is 0 Å². The maximum absolute atomic E-state index is 11.6. The Morgan fingerprint density at radius 2 is 2.06 bits per heavy atom. The quantitative estimate of drug-likeness (QED) is 0.828. The van der Waals surface area contributed by atoms with Gasteiger partial charge in [-0.3, -0.25) is 0 Å². The molecule has 5 heteroatoms. The molecule has 0 amide bonds. The summed E-state index contributed by atoms with van der Waals surface area (Å²) < 4.78 is 25.4. The summed E-state index contributed by atoms with van der Waals surface area (Å²) in [6.07, 6.45) is 0.989. The average Bonchev–Trinajstić information content (AvgIpc) is 2.29. The van der Waals surface area contributed by atoms with Crippen molar-refractivity contribution in [2.75, 3.05) is 12.4 Å². The second-order valence-electron chi connectivity index (χ2n) is 3.69. The SMILES string of the molecule is CCC(C)Nc1cccc(S(=O)(=O)NC)c1. The molecule has 2 N–H and O–H groups in total. The predicted octanol–water partition coefficient (Wildman–Crippen LogP) is 1.81. The Balaban J connectivity index is 2.96. The molecule has 0 aromatic heterocycles. The summed E-state index contributed by atoms with van der Waals surface area (Å²) in [5.41, 5.74) is 0.825. The summed E-state index contributed by atoms with van der Waals surface area (Å²) >= 11 is 0. The molecule has 0 saturated carbocycles. The summed E-state index contributed by atoms with van der Waals surface area (Å²) in [6, 6.07) is 7.13. The largest absolute Gasteiger partial charge is 0.383 e. The summed E-state index contributed by atoms with van der Waals surface area (Å²) in [5.74, 6) is 0. The molecule has 0 aliphatic heterocycles. The van der Waals surface area contributed by atoms with E-state index in [1.165, 1.54) is 7.05 Å². The Bertz CT molecular complexity index is 443. The Labute approximate surface area is 97.1 Å². The molecule has 1 aromatic rings. The van der Waals surface area contributed by atoms with Crippen LogP contribution in [0.1, 0.15) is 20.3 Å². The van der Waals surface area contributed by atoms with Gasteiger partial charge in [0, 0.05) is 11.7 Å². The topological polar surface area (TPSA) is 58.2 Å². The van der Waals surface area contributed by atoms with Gasteiger partial charge < -0.3 is 5.32 Å². The highest BCUT2D eigenvalue weighted by molar-refractivity contribution is 7.89. The maximum atomic E-state index is 11.6. The number of anilines is 1. The van der Waals surface area contributed by atoms with E-state index in [0.29, 0.717) is 6.04 Å². The molecule has 0 bridgehead atoms. The molecule has 1 atom stereocenters. The molecule has 0 spiro atoms. The van der Waals surface area contributed by atoms with Gasteiger partial charge >= 0.3 is 0 Å². The number of sulfonamides is 1. The first-order chi connectivity index (χ1) is 7.49. The number of hydrogen-bond acceptors (Lipinski definition) is 3. The van der Waals surface area contributed by atoms with Crippen molar-refractivity contribution in [3.05, 3.63) is 24.3 Å². The van der Waals surface area contributed by atoms with E-state index in [2.05, 4.69) is 23.9 Å². The van der Waals surface area contributed by atoms with Gasteiger partial charge in [-0.1, -0.05) is 13.0 Å². The monoisotopic (exact) mass is 242 g/mol. The molecular weight excluding hydrogens is 224 g/mol. The van der Waals surface area contributed by atoms with E-state index in [9.17, 15) is 8.42 Å². The third-order valence-electron chi connectivity index (χ3n) is 2.44. The van der Waals surface area contributed by atoms with E-state index >= 15 is 0 Å². The minimum absolute atomic E-state index is 0.281. The van der Waals surface area contributed by atoms with Crippen LogP contribution in [0.5, 0.6) is 0 Å². The van der Waals surface area contributed by atoms with Gasteiger partial charge in [0.25, 0.3) is 0 Å². The molecular formula is C11H18N2O2S. The smallest absolute Gasteiger partial charge is 0.240 e. The average molecular weight is 242 g/mol. The third kappa shape index (κ3) is 3.21. The van der Waals surface area contributed by atoms with Crippen LogP contribution in [0.4, 0.5) is 5.69 Å². The molecule has 16 heavy (non-hydrogen) atoms. The van der Waals surface area contributed by atoms with E-state index < -0.39 is 10.0 Å².